The van der Waals surface area contributed by atoms with Crippen LogP contribution in [0.1, 0.15) is 5.56 Å². The summed E-state index contributed by atoms with van der Waals surface area (Å²) in [5, 5.41) is 4.24. The van der Waals surface area contributed by atoms with Crippen LogP contribution in [0.15, 0.2) is 48.5 Å². The molecule has 0 aliphatic carbocycles. The first-order valence-electron chi connectivity index (χ1n) is 7.73. The van der Waals surface area contributed by atoms with Crippen LogP contribution in [0.3, 0.4) is 0 Å². The summed E-state index contributed by atoms with van der Waals surface area (Å²) in [7, 11) is 2.18. The van der Waals surface area contributed by atoms with Crippen molar-refractivity contribution < 1.29 is 0 Å². The molecule has 2 aromatic carbocycles. The third kappa shape index (κ3) is 3.73. The molecule has 0 amide bonds. The zero-order valence-corrected chi connectivity index (χ0v) is 13.7. The van der Waals surface area contributed by atoms with Gasteiger partial charge in [-0.15, -0.1) is 0 Å². The number of anilines is 2. The Morgan fingerprint density at radius 1 is 0.955 bits per heavy atom. The van der Waals surface area contributed by atoms with Crippen LogP contribution < -0.4 is 10.2 Å². The lowest BCUT2D eigenvalue weighted by molar-refractivity contribution is 0.313. The van der Waals surface area contributed by atoms with Crippen molar-refractivity contribution in [3.05, 3.63) is 59.1 Å². The number of hydrogen-bond acceptors (Lipinski definition) is 3. The predicted octanol–water partition coefficient (Wildman–Crippen LogP) is 3.70. The van der Waals surface area contributed by atoms with Crippen molar-refractivity contribution in [2.45, 2.75) is 6.54 Å². The standard InChI is InChI=1S/C18H22ClN3/c1-21-10-12-22(13-11-21)17-8-6-16(7-9-17)20-14-15-4-2-3-5-18(15)19/h2-9,20H,10-14H2,1H3. The fraction of sp³-hybridized carbons (Fsp3) is 0.333. The van der Waals surface area contributed by atoms with Crippen molar-refractivity contribution in [2.24, 2.45) is 0 Å². The molecule has 1 N–H and O–H groups in total. The Balaban J connectivity index is 1.59. The van der Waals surface area contributed by atoms with Crippen LogP contribution in [-0.2, 0) is 6.54 Å². The van der Waals surface area contributed by atoms with Crippen LogP contribution in [-0.4, -0.2) is 38.1 Å². The third-order valence-electron chi connectivity index (χ3n) is 4.18. The number of piperazine rings is 1. The van der Waals surface area contributed by atoms with Gasteiger partial charge in [0.05, 0.1) is 0 Å². The smallest absolute Gasteiger partial charge is 0.0455 e. The minimum atomic E-state index is 0.744. The molecule has 0 saturated carbocycles. The normalized spacial score (nSPS) is 15.8. The Morgan fingerprint density at radius 2 is 1.64 bits per heavy atom. The van der Waals surface area contributed by atoms with Crippen molar-refractivity contribution in [1.82, 2.24) is 4.90 Å². The first-order chi connectivity index (χ1) is 10.7. The molecule has 1 fully saturated rings. The van der Waals surface area contributed by atoms with E-state index >= 15 is 0 Å². The third-order valence-corrected chi connectivity index (χ3v) is 4.55. The molecule has 116 valence electrons. The zero-order valence-electron chi connectivity index (χ0n) is 12.9. The Labute approximate surface area is 137 Å². The highest BCUT2D eigenvalue weighted by atomic mass is 35.5. The highest BCUT2D eigenvalue weighted by Crippen LogP contribution is 2.21. The van der Waals surface area contributed by atoms with Gasteiger partial charge in [0.15, 0.2) is 0 Å². The van der Waals surface area contributed by atoms with E-state index in [2.05, 4.69) is 46.4 Å². The Bertz CT molecular complexity index is 604. The Kier molecular flexibility index (Phi) is 4.86. The summed E-state index contributed by atoms with van der Waals surface area (Å²) in [6, 6.07) is 16.6. The molecule has 22 heavy (non-hydrogen) atoms. The first kappa shape index (κ1) is 15.2. The van der Waals surface area contributed by atoms with Gasteiger partial charge in [0.25, 0.3) is 0 Å². The molecule has 0 spiro atoms. The summed E-state index contributed by atoms with van der Waals surface area (Å²) >= 11 is 6.18. The van der Waals surface area contributed by atoms with Crippen molar-refractivity contribution in [3.63, 3.8) is 0 Å². The summed E-state index contributed by atoms with van der Waals surface area (Å²) in [6.07, 6.45) is 0. The van der Waals surface area contributed by atoms with Gasteiger partial charge < -0.3 is 15.1 Å². The molecule has 3 rings (SSSR count). The van der Waals surface area contributed by atoms with Crippen molar-refractivity contribution in [3.8, 4) is 0 Å². The highest BCUT2D eigenvalue weighted by Gasteiger charge is 2.13. The zero-order chi connectivity index (χ0) is 15.4. The van der Waals surface area contributed by atoms with E-state index in [1.807, 2.05) is 24.3 Å². The molecule has 0 unspecified atom stereocenters. The number of nitrogens with zero attached hydrogens (tertiary/aromatic N) is 2. The average Bonchev–Trinajstić information content (AvgIpc) is 2.55. The van der Waals surface area contributed by atoms with Gasteiger partial charge in [-0.3, -0.25) is 0 Å². The van der Waals surface area contributed by atoms with E-state index in [1.54, 1.807) is 0 Å². The molecule has 3 nitrogen and oxygen atoms in total. The summed E-state index contributed by atoms with van der Waals surface area (Å²) in [5.41, 5.74) is 3.54. The quantitative estimate of drug-likeness (QED) is 0.928. The lowest BCUT2D eigenvalue weighted by Gasteiger charge is -2.34. The molecule has 1 aliphatic rings. The second-order valence-electron chi connectivity index (χ2n) is 5.78. The SMILES string of the molecule is CN1CCN(c2ccc(NCc3ccccc3Cl)cc2)CC1. The van der Waals surface area contributed by atoms with E-state index in [0.29, 0.717) is 0 Å². The Hall–Kier alpha value is -1.71. The average molecular weight is 316 g/mol. The molecule has 1 heterocycles. The molecular weight excluding hydrogens is 294 g/mol. The number of hydrogen-bond donors (Lipinski definition) is 1. The van der Waals surface area contributed by atoms with Gasteiger partial charge >= 0.3 is 0 Å². The molecule has 1 aliphatic heterocycles. The maximum atomic E-state index is 6.18. The van der Waals surface area contributed by atoms with E-state index in [0.717, 1.165) is 49.0 Å². The van der Waals surface area contributed by atoms with Crippen LogP contribution >= 0.6 is 11.6 Å². The van der Waals surface area contributed by atoms with Crippen molar-refractivity contribution >= 4 is 23.0 Å². The number of likely N-dealkylation sites (N-methyl/N-ethyl adjacent to an activating group) is 1. The molecular formula is C18H22ClN3. The molecule has 1 saturated heterocycles. The van der Waals surface area contributed by atoms with Gasteiger partial charge in [0.2, 0.25) is 0 Å². The van der Waals surface area contributed by atoms with Crippen molar-refractivity contribution in [1.29, 1.82) is 0 Å². The van der Waals surface area contributed by atoms with E-state index in [4.69, 9.17) is 11.6 Å². The molecule has 0 bridgehead atoms. The Morgan fingerprint density at radius 3 is 2.32 bits per heavy atom. The largest absolute Gasteiger partial charge is 0.381 e. The predicted molar refractivity (Wildman–Crippen MR) is 94.9 cm³/mol. The summed E-state index contributed by atoms with van der Waals surface area (Å²) in [6.45, 7) is 5.21. The van der Waals surface area contributed by atoms with Gasteiger partial charge in [0, 0.05) is 49.1 Å². The lowest BCUT2D eigenvalue weighted by Crippen LogP contribution is -2.44. The van der Waals surface area contributed by atoms with Crippen LogP contribution in [0.5, 0.6) is 0 Å². The molecule has 2 aromatic rings. The maximum absolute atomic E-state index is 6.18. The van der Waals surface area contributed by atoms with Crippen LogP contribution in [0.2, 0.25) is 5.02 Å². The molecule has 0 atom stereocenters. The second-order valence-corrected chi connectivity index (χ2v) is 6.19. The monoisotopic (exact) mass is 315 g/mol. The van der Waals surface area contributed by atoms with Gasteiger partial charge in [-0.2, -0.15) is 0 Å². The van der Waals surface area contributed by atoms with Gasteiger partial charge in [-0.25, -0.2) is 0 Å². The fourth-order valence-electron chi connectivity index (χ4n) is 2.69. The van der Waals surface area contributed by atoms with Crippen LogP contribution in [0.4, 0.5) is 11.4 Å². The fourth-order valence-corrected chi connectivity index (χ4v) is 2.90. The molecule has 0 radical (unpaired) electrons. The maximum Gasteiger partial charge on any atom is 0.0455 e. The second kappa shape index (κ2) is 7.03. The van der Waals surface area contributed by atoms with Crippen molar-refractivity contribution in [2.75, 3.05) is 43.4 Å². The number of nitrogens with one attached hydrogen (secondary N) is 1. The summed E-state index contributed by atoms with van der Waals surface area (Å²) in [5.74, 6) is 0. The van der Waals surface area contributed by atoms with Gasteiger partial charge in [0.1, 0.15) is 0 Å². The summed E-state index contributed by atoms with van der Waals surface area (Å²) < 4.78 is 0. The van der Waals surface area contributed by atoms with E-state index < -0.39 is 0 Å². The van der Waals surface area contributed by atoms with E-state index in [1.165, 1.54) is 5.69 Å². The topological polar surface area (TPSA) is 18.5 Å². The highest BCUT2D eigenvalue weighted by molar-refractivity contribution is 6.31. The lowest BCUT2D eigenvalue weighted by atomic mass is 10.2. The number of halogens is 1. The van der Waals surface area contributed by atoms with Crippen LogP contribution in [0, 0.1) is 0 Å². The number of rotatable bonds is 4. The number of benzene rings is 2. The van der Waals surface area contributed by atoms with E-state index in [9.17, 15) is 0 Å². The minimum absolute atomic E-state index is 0.744. The van der Waals surface area contributed by atoms with E-state index in [-0.39, 0.29) is 0 Å². The van der Waals surface area contributed by atoms with Gasteiger partial charge in [-0.05, 0) is 42.9 Å². The summed E-state index contributed by atoms with van der Waals surface area (Å²) in [4.78, 5) is 4.81. The van der Waals surface area contributed by atoms with Gasteiger partial charge in [-0.1, -0.05) is 29.8 Å². The first-order valence-corrected chi connectivity index (χ1v) is 8.11. The van der Waals surface area contributed by atoms with Crippen LogP contribution in [0.25, 0.3) is 0 Å². The molecule has 0 aromatic heterocycles. The molecule has 4 heteroatoms. The minimum Gasteiger partial charge on any atom is -0.381 e.